The van der Waals surface area contributed by atoms with Gasteiger partial charge in [-0.2, -0.15) is 0 Å². The maximum Gasteiger partial charge on any atom is 0.102 e. The second kappa shape index (κ2) is 8.57. The van der Waals surface area contributed by atoms with Gasteiger partial charge in [0.15, 0.2) is 0 Å². The summed E-state index contributed by atoms with van der Waals surface area (Å²) in [7, 11) is 0. The number of allylic oxidation sites excluding steroid dienone is 1. The highest BCUT2D eigenvalue weighted by molar-refractivity contribution is 5.30. The lowest BCUT2D eigenvalue weighted by Gasteiger charge is -2.59. The predicted molar refractivity (Wildman–Crippen MR) is 126 cm³/mol. The molecule has 0 radical (unpaired) electrons. The first kappa shape index (κ1) is 22.6. The van der Waals surface area contributed by atoms with E-state index in [2.05, 4.69) is 26.0 Å². The van der Waals surface area contributed by atoms with Crippen molar-refractivity contribution in [3.8, 4) is 0 Å². The smallest absolute Gasteiger partial charge is 0.102 e. The van der Waals surface area contributed by atoms with Gasteiger partial charge in [0.1, 0.15) is 5.60 Å². The number of ether oxygens (including phenoxy) is 2. The van der Waals surface area contributed by atoms with Gasteiger partial charge in [-0.05, 0) is 80.6 Å². The van der Waals surface area contributed by atoms with Crippen molar-refractivity contribution < 1.29 is 13.9 Å². The van der Waals surface area contributed by atoms with Gasteiger partial charge in [-0.15, -0.1) is 0 Å². The highest BCUT2D eigenvalue weighted by Crippen LogP contribution is 2.70. The topological polar surface area (TPSA) is 83.6 Å². The van der Waals surface area contributed by atoms with Crippen LogP contribution in [0.25, 0.3) is 0 Å². The van der Waals surface area contributed by atoms with Crippen molar-refractivity contribution in [1.29, 1.82) is 0 Å². The number of furan rings is 1. The zero-order valence-electron chi connectivity index (χ0n) is 20.0. The quantitative estimate of drug-likeness (QED) is 0.595. The molecule has 1 aromatic heterocycles. The highest BCUT2D eigenvalue weighted by atomic mass is 16.5. The molecular weight excluding hydrogens is 400 g/mol. The Morgan fingerprint density at radius 2 is 1.84 bits per heavy atom. The highest BCUT2D eigenvalue weighted by Gasteiger charge is 2.65. The fourth-order valence-electron chi connectivity index (χ4n) is 8.52. The Morgan fingerprint density at radius 3 is 2.59 bits per heavy atom. The summed E-state index contributed by atoms with van der Waals surface area (Å²) in [4.78, 5) is 0. The molecule has 5 rings (SSSR count). The minimum atomic E-state index is -0.270. The van der Waals surface area contributed by atoms with Gasteiger partial charge in [-0.1, -0.05) is 25.5 Å². The Bertz CT molecular complexity index is 823. The Morgan fingerprint density at radius 1 is 1.03 bits per heavy atom. The summed E-state index contributed by atoms with van der Waals surface area (Å²) in [5, 5.41) is 0. The van der Waals surface area contributed by atoms with Crippen LogP contribution in [0.2, 0.25) is 0 Å². The van der Waals surface area contributed by atoms with Gasteiger partial charge >= 0.3 is 0 Å². The van der Waals surface area contributed by atoms with Crippen LogP contribution in [0.4, 0.5) is 0 Å². The maximum atomic E-state index is 6.69. The summed E-state index contributed by atoms with van der Waals surface area (Å²) in [6.45, 7) is 7.52. The lowest BCUT2D eigenvalue weighted by atomic mass is 9.46. The van der Waals surface area contributed by atoms with Crippen LogP contribution in [0.3, 0.4) is 0 Å². The number of fused-ring (bicyclic) bond motifs is 5. The van der Waals surface area contributed by atoms with E-state index >= 15 is 0 Å². The lowest BCUT2D eigenvalue weighted by Crippen LogP contribution is -2.54. The summed E-state index contributed by atoms with van der Waals surface area (Å²) in [5.74, 6) is 2.18. The van der Waals surface area contributed by atoms with Gasteiger partial charge in [0.25, 0.3) is 0 Å². The zero-order valence-corrected chi connectivity index (χ0v) is 20.0. The molecule has 3 fully saturated rings. The van der Waals surface area contributed by atoms with Crippen LogP contribution < -0.4 is 11.5 Å². The summed E-state index contributed by atoms with van der Waals surface area (Å²) < 4.78 is 18.3. The van der Waals surface area contributed by atoms with Crippen molar-refractivity contribution in [2.24, 2.45) is 40.1 Å². The van der Waals surface area contributed by atoms with Crippen molar-refractivity contribution >= 4 is 0 Å². The minimum Gasteiger partial charge on any atom is -0.472 e. The molecule has 5 nitrogen and oxygen atoms in total. The number of rotatable bonds is 7. The van der Waals surface area contributed by atoms with Gasteiger partial charge in [0, 0.05) is 24.1 Å². The van der Waals surface area contributed by atoms with Crippen molar-refractivity contribution in [1.82, 2.24) is 0 Å². The molecule has 4 aliphatic rings. The van der Waals surface area contributed by atoms with Crippen molar-refractivity contribution in [2.75, 3.05) is 26.3 Å². The Kier molecular flexibility index (Phi) is 6.07. The van der Waals surface area contributed by atoms with E-state index < -0.39 is 0 Å². The monoisotopic (exact) mass is 442 g/mol. The summed E-state index contributed by atoms with van der Waals surface area (Å²) >= 11 is 0. The molecule has 3 saturated carbocycles. The van der Waals surface area contributed by atoms with Crippen molar-refractivity contribution in [3.05, 3.63) is 35.8 Å². The zero-order chi connectivity index (χ0) is 22.4. The van der Waals surface area contributed by atoms with Gasteiger partial charge in [-0.3, -0.25) is 0 Å². The van der Waals surface area contributed by atoms with Gasteiger partial charge in [0.05, 0.1) is 31.8 Å². The largest absolute Gasteiger partial charge is 0.472 e. The molecule has 4 N–H and O–H groups in total. The van der Waals surface area contributed by atoms with Crippen LogP contribution in [-0.4, -0.2) is 32.4 Å². The van der Waals surface area contributed by atoms with Crippen molar-refractivity contribution in [3.63, 3.8) is 0 Å². The number of nitrogens with two attached hydrogens (primary N) is 2. The molecule has 32 heavy (non-hydrogen) atoms. The average molecular weight is 443 g/mol. The molecule has 7 atom stereocenters. The molecular formula is C27H42N2O3. The Hall–Kier alpha value is -1.14. The molecule has 0 aromatic carbocycles. The lowest BCUT2D eigenvalue weighted by molar-refractivity contribution is -0.162. The summed E-state index contributed by atoms with van der Waals surface area (Å²) in [6.07, 6.45) is 16.2. The summed E-state index contributed by atoms with van der Waals surface area (Å²) in [5.41, 5.74) is 14.6. The SMILES string of the molecule is C[C@]12CC[C@H](OCCN)CC1=CC[C@@H]1[C@@H]2CC[C@@]2(C)[C@H]1CC[C@@]2(OCCN)c1ccoc1. The van der Waals surface area contributed by atoms with E-state index in [1.165, 1.54) is 37.7 Å². The van der Waals surface area contributed by atoms with E-state index in [0.717, 1.165) is 31.1 Å². The van der Waals surface area contributed by atoms with E-state index in [1.54, 1.807) is 11.8 Å². The number of hydrogen-bond acceptors (Lipinski definition) is 5. The van der Waals surface area contributed by atoms with Crippen LogP contribution in [0.15, 0.2) is 34.7 Å². The van der Waals surface area contributed by atoms with Gasteiger partial charge < -0.3 is 25.4 Å². The first-order chi connectivity index (χ1) is 15.5. The second-order valence-electron chi connectivity index (χ2n) is 11.3. The molecule has 0 unspecified atom stereocenters. The molecule has 0 aliphatic heterocycles. The van der Waals surface area contributed by atoms with Crippen molar-refractivity contribution in [2.45, 2.75) is 76.9 Å². The van der Waals surface area contributed by atoms with Crippen LogP contribution >= 0.6 is 0 Å². The van der Waals surface area contributed by atoms with Crippen LogP contribution in [0.1, 0.15) is 70.8 Å². The molecule has 1 aromatic rings. The fourth-order valence-corrected chi connectivity index (χ4v) is 8.52. The molecule has 0 saturated heterocycles. The predicted octanol–water partition coefficient (Wildman–Crippen LogP) is 4.76. The molecule has 178 valence electrons. The molecule has 5 heteroatoms. The van der Waals surface area contributed by atoms with Gasteiger partial charge in [0.2, 0.25) is 0 Å². The van der Waals surface area contributed by atoms with E-state index in [4.69, 9.17) is 25.4 Å². The molecule has 4 aliphatic carbocycles. The molecule has 1 heterocycles. The molecule has 0 bridgehead atoms. The first-order valence-electron chi connectivity index (χ1n) is 12.9. The molecule has 0 spiro atoms. The fraction of sp³-hybridized carbons (Fsp3) is 0.778. The second-order valence-corrected chi connectivity index (χ2v) is 11.3. The standard InChI is InChI=1S/C27H42N2O3/c1-25-9-5-21(31-15-12-28)17-19(25)3-4-22-23(25)6-10-26(2)24(22)7-11-27(26,32-16-13-29)20-8-14-30-18-20/h3,8,14,18,21-24H,4-7,9-13,15-17,28-29H2,1-2H3/t21-,22+,23-,24-,25-,26-,27+/m0/s1. The van der Waals surface area contributed by atoms with E-state index in [9.17, 15) is 0 Å². The van der Waals surface area contributed by atoms with Crippen LogP contribution in [0.5, 0.6) is 0 Å². The van der Waals surface area contributed by atoms with Crippen LogP contribution in [0, 0.1) is 28.6 Å². The van der Waals surface area contributed by atoms with E-state index in [0.29, 0.717) is 43.7 Å². The third-order valence-electron chi connectivity index (χ3n) is 10.1. The van der Waals surface area contributed by atoms with E-state index in [-0.39, 0.29) is 11.0 Å². The normalized spacial score (nSPS) is 43.3. The first-order valence-corrected chi connectivity index (χ1v) is 12.9. The Labute approximate surface area is 193 Å². The van der Waals surface area contributed by atoms with Gasteiger partial charge in [-0.25, -0.2) is 0 Å². The summed E-state index contributed by atoms with van der Waals surface area (Å²) in [6, 6.07) is 2.12. The number of hydrogen-bond donors (Lipinski definition) is 2. The third kappa shape index (κ3) is 3.26. The van der Waals surface area contributed by atoms with Crippen LogP contribution in [-0.2, 0) is 15.1 Å². The Balaban J connectivity index is 1.43. The maximum absolute atomic E-state index is 6.69. The van der Waals surface area contributed by atoms with E-state index in [1.807, 2.05) is 6.26 Å². The molecule has 0 amide bonds. The minimum absolute atomic E-state index is 0.121. The third-order valence-corrected chi connectivity index (χ3v) is 10.1. The average Bonchev–Trinajstić information content (AvgIpc) is 3.43.